The van der Waals surface area contributed by atoms with Crippen molar-refractivity contribution in [3.05, 3.63) is 45.8 Å². The van der Waals surface area contributed by atoms with Gasteiger partial charge in [-0.05, 0) is 31.0 Å². The molecule has 1 aromatic carbocycles. The van der Waals surface area contributed by atoms with Gasteiger partial charge >= 0.3 is 0 Å². The number of hydrogen-bond donors (Lipinski definition) is 1. The molecule has 0 aliphatic rings. The van der Waals surface area contributed by atoms with E-state index in [0.717, 1.165) is 29.9 Å². The number of nitro groups is 1. The number of anilines is 1. The Bertz CT molecular complexity index is 619. The van der Waals surface area contributed by atoms with E-state index in [2.05, 4.69) is 5.10 Å². The number of aromatic nitrogens is 2. The standard InChI is InChI=1S/C13H16N4O2/c1-3-9-7-10(4-2)16(15-9)11-5-6-13(17(18)19)12(14)8-11/h5-8H,3-4,14H2,1-2H3. The van der Waals surface area contributed by atoms with Crippen LogP contribution in [0.2, 0.25) is 0 Å². The first kappa shape index (κ1) is 13.1. The van der Waals surface area contributed by atoms with Crippen LogP contribution < -0.4 is 5.73 Å². The minimum Gasteiger partial charge on any atom is -0.393 e. The van der Waals surface area contributed by atoms with Gasteiger partial charge in [0.15, 0.2) is 0 Å². The summed E-state index contributed by atoms with van der Waals surface area (Å²) in [6.07, 6.45) is 1.69. The van der Waals surface area contributed by atoms with Gasteiger partial charge in [-0.2, -0.15) is 5.10 Å². The SMILES string of the molecule is CCc1cc(CC)n(-c2ccc([N+](=O)[O-])c(N)c2)n1. The van der Waals surface area contributed by atoms with Crippen LogP contribution in [0.15, 0.2) is 24.3 Å². The highest BCUT2D eigenvalue weighted by Crippen LogP contribution is 2.25. The molecule has 0 saturated heterocycles. The second kappa shape index (κ2) is 5.09. The topological polar surface area (TPSA) is 87.0 Å². The lowest BCUT2D eigenvalue weighted by Gasteiger charge is -2.06. The molecule has 0 aliphatic heterocycles. The highest BCUT2D eigenvalue weighted by atomic mass is 16.6. The number of rotatable bonds is 4. The lowest BCUT2D eigenvalue weighted by molar-refractivity contribution is -0.383. The van der Waals surface area contributed by atoms with Crippen molar-refractivity contribution >= 4 is 11.4 Å². The summed E-state index contributed by atoms with van der Waals surface area (Å²) in [4.78, 5) is 10.3. The molecular weight excluding hydrogens is 244 g/mol. The summed E-state index contributed by atoms with van der Waals surface area (Å²) in [5, 5.41) is 15.2. The molecule has 0 atom stereocenters. The predicted molar refractivity (Wildman–Crippen MR) is 73.4 cm³/mol. The van der Waals surface area contributed by atoms with Crippen molar-refractivity contribution in [3.8, 4) is 5.69 Å². The van der Waals surface area contributed by atoms with Crippen LogP contribution in [0.4, 0.5) is 11.4 Å². The molecule has 19 heavy (non-hydrogen) atoms. The molecule has 0 saturated carbocycles. The van der Waals surface area contributed by atoms with E-state index in [4.69, 9.17) is 5.73 Å². The third-order valence-corrected chi connectivity index (χ3v) is 3.01. The van der Waals surface area contributed by atoms with Gasteiger partial charge in [0, 0.05) is 11.8 Å². The van der Waals surface area contributed by atoms with Gasteiger partial charge in [0.1, 0.15) is 5.69 Å². The molecule has 0 aliphatic carbocycles. The van der Waals surface area contributed by atoms with Gasteiger partial charge in [-0.3, -0.25) is 10.1 Å². The number of aryl methyl sites for hydroxylation is 2. The second-order valence-electron chi connectivity index (χ2n) is 4.25. The summed E-state index contributed by atoms with van der Waals surface area (Å²) >= 11 is 0. The fraction of sp³-hybridized carbons (Fsp3) is 0.308. The highest BCUT2D eigenvalue weighted by Gasteiger charge is 2.14. The predicted octanol–water partition coefficient (Wildman–Crippen LogP) is 2.49. The monoisotopic (exact) mass is 260 g/mol. The lowest BCUT2D eigenvalue weighted by atomic mass is 10.2. The molecule has 1 aromatic heterocycles. The molecule has 0 bridgehead atoms. The largest absolute Gasteiger partial charge is 0.393 e. The molecule has 2 aromatic rings. The summed E-state index contributed by atoms with van der Waals surface area (Å²) in [5.74, 6) is 0. The molecule has 2 N–H and O–H groups in total. The Morgan fingerprint density at radius 3 is 2.58 bits per heavy atom. The Labute approximate surface area is 111 Å². The maximum atomic E-state index is 10.7. The first-order valence-electron chi connectivity index (χ1n) is 6.18. The summed E-state index contributed by atoms with van der Waals surface area (Å²) < 4.78 is 1.79. The molecular formula is C13H16N4O2. The number of benzene rings is 1. The van der Waals surface area contributed by atoms with E-state index < -0.39 is 4.92 Å². The van der Waals surface area contributed by atoms with Crippen LogP contribution in [0.3, 0.4) is 0 Å². The van der Waals surface area contributed by atoms with E-state index in [9.17, 15) is 10.1 Å². The maximum Gasteiger partial charge on any atom is 0.292 e. The normalized spacial score (nSPS) is 10.6. The van der Waals surface area contributed by atoms with Gasteiger partial charge in [-0.25, -0.2) is 4.68 Å². The number of hydrogen-bond acceptors (Lipinski definition) is 4. The van der Waals surface area contributed by atoms with Crippen molar-refractivity contribution in [2.75, 3.05) is 5.73 Å². The summed E-state index contributed by atoms with van der Waals surface area (Å²) in [6.45, 7) is 4.08. The molecule has 0 unspecified atom stereocenters. The van der Waals surface area contributed by atoms with E-state index in [1.165, 1.54) is 6.07 Å². The van der Waals surface area contributed by atoms with Crippen molar-refractivity contribution in [1.82, 2.24) is 9.78 Å². The molecule has 0 spiro atoms. The van der Waals surface area contributed by atoms with Crippen molar-refractivity contribution in [2.45, 2.75) is 26.7 Å². The third-order valence-electron chi connectivity index (χ3n) is 3.01. The Kier molecular flexibility index (Phi) is 3.50. The second-order valence-corrected chi connectivity index (χ2v) is 4.25. The van der Waals surface area contributed by atoms with E-state index in [1.807, 2.05) is 19.9 Å². The third kappa shape index (κ3) is 2.42. The first-order chi connectivity index (χ1) is 9.06. The molecule has 6 nitrogen and oxygen atoms in total. The number of nitrogen functional groups attached to an aromatic ring is 1. The Morgan fingerprint density at radius 1 is 1.32 bits per heavy atom. The van der Waals surface area contributed by atoms with Crippen molar-refractivity contribution in [2.24, 2.45) is 0 Å². The highest BCUT2D eigenvalue weighted by molar-refractivity contribution is 5.62. The van der Waals surface area contributed by atoms with E-state index in [1.54, 1.807) is 16.8 Å². The van der Waals surface area contributed by atoms with Gasteiger partial charge in [-0.1, -0.05) is 13.8 Å². The zero-order valence-corrected chi connectivity index (χ0v) is 11.0. The van der Waals surface area contributed by atoms with Gasteiger partial charge in [0.05, 0.1) is 16.3 Å². The van der Waals surface area contributed by atoms with Crippen LogP contribution in [0.5, 0.6) is 0 Å². The van der Waals surface area contributed by atoms with Crippen molar-refractivity contribution in [3.63, 3.8) is 0 Å². The molecule has 0 amide bonds. The zero-order valence-electron chi connectivity index (χ0n) is 11.0. The molecule has 2 rings (SSSR count). The van der Waals surface area contributed by atoms with E-state index in [-0.39, 0.29) is 11.4 Å². The Morgan fingerprint density at radius 2 is 2.05 bits per heavy atom. The molecule has 1 heterocycles. The van der Waals surface area contributed by atoms with E-state index in [0.29, 0.717) is 0 Å². The van der Waals surface area contributed by atoms with Crippen LogP contribution in [0, 0.1) is 10.1 Å². The van der Waals surface area contributed by atoms with Crippen LogP contribution >= 0.6 is 0 Å². The average molecular weight is 260 g/mol. The number of nitrogens with zero attached hydrogens (tertiary/aromatic N) is 3. The number of nitrogens with two attached hydrogens (primary N) is 1. The smallest absolute Gasteiger partial charge is 0.292 e. The summed E-state index contributed by atoms with van der Waals surface area (Å²) in [6, 6.07) is 6.71. The van der Waals surface area contributed by atoms with Crippen molar-refractivity contribution < 1.29 is 4.92 Å². The van der Waals surface area contributed by atoms with Gasteiger partial charge < -0.3 is 5.73 Å². The summed E-state index contributed by atoms with van der Waals surface area (Å²) in [7, 11) is 0. The minimum atomic E-state index is -0.486. The van der Waals surface area contributed by atoms with Gasteiger partial charge in [0.2, 0.25) is 0 Å². The summed E-state index contributed by atoms with van der Waals surface area (Å²) in [5.41, 5.74) is 8.58. The fourth-order valence-corrected chi connectivity index (χ4v) is 1.96. The van der Waals surface area contributed by atoms with Crippen LogP contribution in [-0.2, 0) is 12.8 Å². The average Bonchev–Trinajstić information content (AvgIpc) is 2.81. The lowest BCUT2D eigenvalue weighted by Crippen LogP contribution is -2.04. The molecule has 100 valence electrons. The zero-order chi connectivity index (χ0) is 14.0. The Balaban J connectivity index is 2.50. The van der Waals surface area contributed by atoms with E-state index >= 15 is 0 Å². The van der Waals surface area contributed by atoms with Crippen LogP contribution in [0.1, 0.15) is 25.2 Å². The van der Waals surface area contributed by atoms with Gasteiger partial charge in [-0.15, -0.1) is 0 Å². The Hall–Kier alpha value is -2.37. The minimum absolute atomic E-state index is 0.0790. The van der Waals surface area contributed by atoms with Crippen LogP contribution in [-0.4, -0.2) is 14.7 Å². The maximum absolute atomic E-state index is 10.7. The first-order valence-corrected chi connectivity index (χ1v) is 6.18. The molecule has 6 heteroatoms. The fourth-order valence-electron chi connectivity index (χ4n) is 1.96. The molecule has 0 fully saturated rings. The van der Waals surface area contributed by atoms with Crippen LogP contribution in [0.25, 0.3) is 5.69 Å². The number of nitro benzene ring substituents is 1. The quantitative estimate of drug-likeness (QED) is 0.519. The van der Waals surface area contributed by atoms with Gasteiger partial charge in [0.25, 0.3) is 5.69 Å². The van der Waals surface area contributed by atoms with Crippen molar-refractivity contribution in [1.29, 1.82) is 0 Å². The molecule has 0 radical (unpaired) electrons.